The fraction of sp³-hybridized carbons (Fsp3) is 0.615. The smallest absolute Gasteiger partial charge is 0.345 e. The molecule has 1 aliphatic carbocycles. The van der Waals surface area contributed by atoms with Crippen molar-refractivity contribution in [3.63, 3.8) is 0 Å². The normalized spacial score (nSPS) is 18.1. The third-order valence-corrected chi connectivity index (χ3v) is 6.76. The Labute approximate surface area is 123 Å². The Morgan fingerprint density at radius 2 is 1.90 bits per heavy atom. The van der Waals surface area contributed by atoms with Gasteiger partial charge in [-0.05, 0) is 18.9 Å². The molecule has 7 heteroatoms. The van der Waals surface area contributed by atoms with Crippen molar-refractivity contribution in [1.82, 2.24) is 4.31 Å². The molecule has 112 valence electrons. The Morgan fingerprint density at radius 3 is 2.40 bits per heavy atom. The van der Waals surface area contributed by atoms with Gasteiger partial charge >= 0.3 is 5.97 Å². The molecule has 0 bridgehead atoms. The minimum Gasteiger partial charge on any atom is -0.477 e. The lowest BCUT2D eigenvalue weighted by Crippen LogP contribution is -2.36. The highest BCUT2D eigenvalue weighted by atomic mass is 32.2. The Morgan fingerprint density at radius 1 is 1.30 bits per heavy atom. The molecule has 1 aliphatic rings. The molecule has 0 unspecified atom stereocenters. The van der Waals surface area contributed by atoms with E-state index >= 15 is 0 Å². The number of carbonyl (C=O) groups is 1. The van der Waals surface area contributed by atoms with Gasteiger partial charge in [0, 0.05) is 18.5 Å². The van der Waals surface area contributed by atoms with E-state index in [1.54, 1.807) is 7.05 Å². The van der Waals surface area contributed by atoms with Crippen molar-refractivity contribution in [3.05, 3.63) is 16.3 Å². The van der Waals surface area contributed by atoms with Crippen LogP contribution in [0.15, 0.2) is 16.3 Å². The van der Waals surface area contributed by atoms with Gasteiger partial charge in [-0.25, -0.2) is 13.2 Å². The van der Waals surface area contributed by atoms with Gasteiger partial charge in [0.2, 0.25) is 10.0 Å². The van der Waals surface area contributed by atoms with E-state index in [4.69, 9.17) is 5.11 Å². The summed E-state index contributed by atoms with van der Waals surface area (Å²) in [6, 6.07) is 1.27. The van der Waals surface area contributed by atoms with Crippen molar-refractivity contribution in [2.45, 2.75) is 49.5 Å². The maximum absolute atomic E-state index is 12.5. The first-order valence-electron chi connectivity index (χ1n) is 6.73. The molecule has 5 nitrogen and oxygen atoms in total. The summed E-state index contributed by atoms with van der Waals surface area (Å²) in [5, 5.41) is 10.3. The molecule has 1 fully saturated rings. The highest BCUT2D eigenvalue weighted by molar-refractivity contribution is 7.89. The van der Waals surface area contributed by atoms with Crippen LogP contribution in [-0.4, -0.2) is 36.9 Å². The van der Waals surface area contributed by atoms with Gasteiger partial charge in [0.1, 0.15) is 4.88 Å². The van der Waals surface area contributed by atoms with Crippen LogP contribution < -0.4 is 0 Å². The van der Waals surface area contributed by atoms with Crippen LogP contribution >= 0.6 is 11.3 Å². The lowest BCUT2D eigenvalue weighted by Gasteiger charge is -2.25. The van der Waals surface area contributed by atoms with Gasteiger partial charge in [0.25, 0.3) is 0 Å². The maximum Gasteiger partial charge on any atom is 0.345 e. The first-order chi connectivity index (χ1) is 9.43. The maximum atomic E-state index is 12.5. The van der Waals surface area contributed by atoms with Gasteiger partial charge in [-0.15, -0.1) is 11.3 Å². The van der Waals surface area contributed by atoms with Crippen LogP contribution in [0.3, 0.4) is 0 Å². The molecule has 20 heavy (non-hydrogen) atoms. The molecule has 1 aromatic rings. The molecule has 0 amide bonds. The minimum absolute atomic E-state index is 0.0238. The summed E-state index contributed by atoms with van der Waals surface area (Å²) >= 11 is 0.947. The number of sulfonamides is 1. The van der Waals surface area contributed by atoms with Crippen molar-refractivity contribution in [1.29, 1.82) is 0 Å². The predicted molar refractivity (Wildman–Crippen MR) is 77.7 cm³/mol. The van der Waals surface area contributed by atoms with Gasteiger partial charge in [-0.2, -0.15) is 4.31 Å². The first-order valence-corrected chi connectivity index (χ1v) is 9.05. The van der Waals surface area contributed by atoms with E-state index in [1.807, 2.05) is 0 Å². The average Bonchev–Trinajstić information content (AvgIpc) is 2.76. The molecule has 0 atom stereocenters. The molecular formula is C13H19NO4S2. The number of hydrogen-bond donors (Lipinski definition) is 1. The summed E-state index contributed by atoms with van der Waals surface area (Å²) in [6.45, 7) is 0. The summed E-state index contributed by atoms with van der Waals surface area (Å²) in [5.74, 6) is -1.09. The fourth-order valence-electron chi connectivity index (χ4n) is 2.55. The van der Waals surface area contributed by atoms with E-state index in [9.17, 15) is 13.2 Å². The molecule has 0 saturated heterocycles. The van der Waals surface area contributed by atoms with Crippen molar-refractivity contribution in [2.75, 3.05) is 7.05 Å². The predicted octanol–water partition coefficient (Wildman–Crippen LogP) is 2.79. The Bertz CT molecular complexity index is 571. The molecule has 1 aromatic heterocycles. The van der Waals surface area contributed by atoms with Gasteiger partial charge in [0.15, 0.2) is 0 Å². The fourth-order valence-corrected chi connectivity index (χ4v) is 5.07. The zero-order valence-corrected chi connectivity index (χ0v) is 13.0. The molecular weight excluding hydrogens is 298 g/mol. The monoisotopic (exact) mass is 317 g/mol. The van der Waals surface area contributed by atoms with Gasteiger partial charge in [-0.3, -0.25) is 0 Å². The molecule has 0 spiro atoms. The standard InChI is InChI=1S/C13H19NO4S2/c1-14(10-6-4-2-3-5-7-10)20(17,18)11-8-12(13(15)16)19-9-11/h8-10H,2-7H2,1H3,(H,15,16). The number of aromatic carboxylic acids is 1. The Balaban J connectivity index is 2.21. The first kappa shape index (κ1) is 15.5. The molecule has 0 radical (unpaired) electrons. The quantitative estimate of drug-likeness (QED) is 0.867. The summed E-state index contributed by atoms with van der Waals surface area (Å²) in [4.78, 5) is 11.0. The number of thiophene rings is 1. The zero-order chi connectivity index (χ0) is 14.8. The van der Waals surface area contributed by atoms with Crippen LogP contribution in [0.4, 0.5) is 0 Å². The summed E-state index contributed by atoms with van der Waals surface area (Å²) in [6.07, 6.45) is 6.18. The van der Waals surface area contributed by atoms with Crippen LogP contribution in [-0.2, 0) is 10.0 Å². The van der Waals surface area contributed by atoms with E-state index in [1.165, 1.54) is 15.8 Å². The van der Waals surface area contributed by atoms with Crippen LogP contribution in [0.5, 0.6) is 0 Å². The number of nitrogens with zero attached hydrogens (tertiary/aromatic N) is 1. The number of rotatable bonds is 4. The topological polar surface area (TPSA) is 74.7 Å². The van der Waals surface area contributed by atoms with Crippen LogP contribution in [0.25, 0.3) is 0 Å². The second-order valence-corrected chi connectivity index (χ2v) is 8.03. The van der Waals surface area contributed by atoms with Gasteiger partial charge in [0.05, 0.1) is 4.90 Å². The number of carboxylic acid groups (broad SMARTS) is 1. The average molecular weight is 317 g/mol. The van der Waals surface area contributed by atoms with Crippen LogP contribution in [0.2, 0.25) is 0 Å². The minimum atomic E-state index is -3.59. The van der Waals surface area contributed by atoms with Crippen LogP contribution in [0, 0.1) is 0 Å². The number of hydrogen-bond acceptors (Lipinski definition) is 4. The van der Waals surface area contributed by atoms with E-state index in [0.29, 0.717) is 0 Å². The van der Waals surface area contributed by atoms with Crippen molar-refractivity contribution < 1.29 is 18.3 Å². The largest absolute Gasteiger partial charge is 0.477 e. The van der Waals surface area contributed by atoms with E-state index in [-0.39, 0.29) is 15.8 Å². The highest BCUT2D eigenvalue weighted by Gasteiger charge is 2.29. The zero-order valence-electron chi connectivity index (χ0n) is 11.4. The number of carboxylic acids is 1. The van der Waals surface area contributed by atoms with Crippen molar-refractivity contribution >= 4 is 27.3 Å². The van der Waals surface area contributed by atoms with E-state index in [2.05, 4.69) is 0 Å². The molecule has 0 aliphatic heterocycles. The summed E-state index contributed by atoms with van der Waals surface area (Å²) in [7, 11) is -1.99. The van der Waals surface area contributed by atoms with Gasteiger partial charge < -0.3 is 5.11 Å². The third-order valence-electron chi connectivity index (χ3n) is 3.80. The summed E-state index contributed by atoms with van der Waals surface area (Å²) in [5.41, 5.74) is 0. The second kappa shape index (κ2) is 6.24. The SMILES string of the molecule is CN(C1CCCCCC1)S(=O)(=O)c1csc(C(=O)O)c1. The van der Waals surface area contributed by atoms with E-state index in [0.717, 1.165) is 49.9 Å². The second-order valence-electron chi connectivity index (χ2n) is 5.12. The lowest BCUT2D eigenvalue weighted by molar-refractivity contribution is 0.0702. The molecule has 2 rings (SSSR count). The van der Waals surface area contributed by atoms with Crippen molar-refractivity contribution in [3.8, 4) is 0 Å². The summed E-state index contributed by atoms with van der Waals surface area (Å²) < 4.78 is 26.5. The van der Waals surface area contributed by atoms with Crippen LogP contribution in [0.1, 0.15) is 48.2 Å². The van der Waals surface area contributed by atoms with E-state index < -0.39 is 16.0 Å². The lowest BCUT2D eigenvalue weighted by atomic mass is 10.1. The third kappa shape index (κ3) is 3.21. The molecule has 1 saturated carbocycles. The molecule has 1 N–H and O–H groups in total. The molecule has 1 heterocycles. The highest BCUT2D eigenvalue weighted by Crippen LogP contribution is 2.28. The van der Waals surface area contributed by atoms with Gasteiger partial charge in [-0.1, -0.05) is 25.7 Å². The molecule has 0 aromatic carbocycles. The Kier molecular flexibility index (Phi) is 4.82. The van der Waals surface area contributed by atoms with Crippen molar-refractivity contribution in [2.24, 2.45) is 0 Å². The Hall–Kier alpha value is -0.920.